The molecule has 0 aromatic rings. The van der Waals surface area contributed by atoms with Crippen molar-refractivity contribution in [2.75, 3.05) is 6.61 Å². The van der Waals surface area contributed by atoms with Gasteiger partial charge in [-0.05, 0) is 81.1 Å². The molecular weight excluding hydrogens is 478 g/mol. The van der Waals surface area contributed by atoms with Crippen molar-refractivity contribution in [2.24, 2.45) is 28.6 Å². The number of aliphatic hydroxyl groups is 1. The summed E-state index contributed by atoms with van der Waals surface area (Å²) in [6.45, 7) is 5.07. The fourth-order valence-corrected chi connectivity index (χ4v) is 7.96. The zero-order valence-electron chi connectivity index (χ0n) is 22.0. The molecule has 3 saturated carbocycles. The van der Waals surface area contributed by atoms with Crippen LogP contribution in [0.2, 0.25) is 0 Å². The molecule has 9 nitrogen and oxygen atoms in total. The van der Waals surface area contributed by atoms with Gasteiger partial charge in [0, 0.05) is 18.3 Å². The molecule has 0 saturated heterocycles. The van der Waals surface area contributed by atoms with Gasteiger partial charge in [0.05, 0.1) is 6.42 Å². The number of hydrogen-bond acceptors (Lipinski definition) is 7. The van der Waals surface area contributed by atoms with Gasteiger partial charge in [0.15, 0.2) is 12.4 Å². The SMILES string of the molecule is CC(NC(=O)CCC(=O)OCC(=O)C1(O)CCC2C3CCC4=CC(=O)CCC4(C)C3CCC21C)C(=O)O. The van der Waals surface area contributed by atoms with Crippen LogP contribution in [0.4, 0.5) is 0 Å². The number of fused-ring (bicyclic) bond motifs is 5. The number of rotatable bonds is 8. The van der Waals surface area contributed by atoms with Crippen LogP contribution in [-0.2, 0) is 28.7 Å². The average Bonchev–Trinajstić information content (AvgIpc) is 3.13. The first kappa shape index (κ1) is 27.5. The Kier molecular flexibility index (Phi) is 7.40. The molecule has 4 aliphatic carbocycles. The summed E-state index contributed by atoms with van der Waals surface area (Å²) in [6, 6.07) is -1.07. The Morgan fingerprint density at radius 2 is 1.76 bits per heavy atom. The maximum absolute atomic E-state index is 13.3. The van der Waals surface area contributed by atoms with E-state index in [1.165, 1.54) is 12.5 Å². The fraction of sp³-hybridized carbons (Fsp3) is 0.750. The number of hydrogen-bond donors (Lipinski definition) is 3. The lowest BCUT2D eigenvalue weighted by molar-refractivity contribution is -0.170. The van der Waals surface area contributed by atoms with E-state index in [-0.39, 0.29) is 30.0 Å². The monoisotopic (exact) mass is 517 g/mol. The number of amides is 1. The fourth-order valence-electron chi connectivity index (χ4n) is 7.96. The van der Waals surface area contributed by atoms with Crippen LogP contribution in [0.25, 0.3) is 0 Å². The molecule has 1 amide bonds. The molecule has 9 heteroatoms. The molecule has 204 valence electrons. The van der Waals surface area contributed by atoms with Crippen LogP contribution in [-0.4, -0.2) is 57.9 Å². The van der Waals surface area contributed by atoms with Crippen LogP contribution in [0.5, 0.6) is 0 Å². The summed E-state index contributed by atoms with van der Waals surface area (Å²) >= 11 is 0. The first-order chi connectivity index (χ1) is 17.3. The minimum absolute atomic E-state index is 0.00690. The molecule has 0 aromatic carbocycles. The highest BCUT2D eigenvalue weighted by molar-refractivity contribution is 5.92. The molecule has 0 bridgehead atoms. The number of carbonyl (C=O) groups is 5. The standard InChI is InChI=1S/C28H39NO8/c1-16(25(34)35)29-23(32)6-7-24(33)37-15-22(31)28(36)13-10-21-19-5-4-17-14-18(30)8-11-26(17,2)20(19)9-12-27(21,28)3/h14,16,19-21,36H,4-13,15H2,1-3H3,(H,29,32)(H,34,35). The molecule has 37 heavy (non-hydrogen) atoms. The smallest absolute Gasteiger partial charge is 0.325 e. The molecule has 0 aromatic heterocycles. The Labute approximate surface area is 217 Å². The maximum Gasteiger partial charge on any atom is 0.325 e. The van der Waals surface area contributed by atoms with Crippen LogP contribution in [0.1, 0.15) is 85.0 Å². The number of carbonyl (C=O) groups excluding carboxylic acids is 4. The van der Waals surface area contributed by atoms with Gasteiger partial charge in [0.1, 0.15) is 11.6 Å². The second kappa shape index (κ2) is 9.97. The molecule has 0 heterocycles. The largest absolute Gasteiger partial charge is 0.480 e. The van der Waals surface area contributed by atoms with Crippen LogP contribution >= 0.6 is 0 Å². The van der Waals surface area contributed by atoms with Crippen molar-refractivity contribution in [2.45, 2.75) is 96.6 Å². The van der Waals surface area contributed by atoms with Gasteiger partial charge in [0.25, 0.3) is 0 Å². The van der Waals surface area contributed by atoms with Crippen molar-refractivity contribution < 1.29 is 38.9 Å². The molecule has 4 rings (SSSR count). The highest BCUT2D eigenvalue weighted by atomic mass is 16.5. The van der Waals surface area contributed by atoms with Crippen molar-refractivity contribution in [1.82, 2.24) is 5.32 Å². The van der Waals surface area contributed by atoms with Crippen LogP contribution in [0, 0.1) is 28.6 Å². The van der Waals surface area contributed by atoms with Gasteiger partial charge in [-0.25, -0.2) is 0 Å². The molecule has 7 unspecified atom stereocenters. The number of ether oxygens (including phenoxy) is 1. The van der Waals surface area contributed by atoms with Gasteiger partial charge < -0.3 is 20.3 Å². The van der Waals surface area contributed by atoms with Crippen LogP contribution in [0.15, 0.2) is 11.6 Å². The number of aliphatic carboxylic acids is 1. The van der Waals surface area contributed by atoms with E-state index in [2.05, 4.69) is 12.2 Å². The second-order valence-electron chi connectivity index (χ2n) is 12.0. The van der Waals surface area contributed by atoms with Crippen molar-refractivity contribution in [3.8, 4) is 0 Å². The highest BCUT2D eigenvalue weighted by Gasteiger charge is 2.66. The molecule has 3 N–H and O–H groups in total. The number of carboxylic acid groups (broad SMARTS) is 1. The lowest BCUT2D eigenvalue weighted by Crippen LogP contribution is -2.58. The minimum Gasteiger partial charge on any atom is -0.480 e. The molecular formula is C28H39NO8. The maximum atomic E-state index is 13.3. The molecule has 3 fully saturated rings. The zero-order valence-corrected chi connectivity index (χ0v) is 22.0. The second-order valence-corrected chi connectivity index (χ2v) is 12.0. The normalized spacial score (nSPS) is 37.4. The van der Waals surface area contributed by atoms with Crippen molar-refractivity contribution >= 4 is 29.4 Å². The van der Waals surface area contributed by atoms with Crippen LogP contribution in [0.3, 0.4) is 0 Å². The molecule has 0 aliphatic heterocycles. The Bertz CT molecular complexity index is 1040. The number of Topliss-reactive ketones (excluding diaryl/α,β-unsaturated/α-hetero) is 1. The van der Waals surface area contributed by atoms with Crippen molar-refractivity contribution in [3.63, 3.8) is 0 Å². The van der Waals surface area contributed by atoms with Gasteiger partial charge in [-0.15, -0.1) is 0 Å². The Morgan fingerprint density at radius 1 is 1.05 bits per heavy atom. The number of allylic oxidation sites excluding steroid dienone is 1. The minimum atomic E-state index is -1.57. The van der Waals surface area contributed by atoms with E-state index < -0.39 is 47.3 Å². The van der Waals surface area contributed by atoms with E-state index >= 15 is 0 Å². The van der Waals surface area contributed by atoms with Gasteiger partial charge in [-0.1, -0.05) is 19.4 Å². The van der Waals surface area contributed by atoms with E-state index in [1.807, 2.05) is 13.0 Å². The summed E-state index contributed by atoms with van der Waals surface area (Å²) in [4.78, 5) is 60.1. The summed E-state index contributed by atoms with van der Waals surface area (Å²) in [5, 5.41) is 22.8. The number of ketones is 2. The molecule has 0 radical (unpaired) electrons. The lowest BCUT2D eigenvalue weighted by Gasteiger charge is -2.58. The summed E-state index contributed by atoms with van der Waals surface area (Å²) in [5.41, 5.74) is -0.896. The summed E-state index contributed by atoms with van der Waals surface area (Å²) in [7, 11) is 0. The first-order valence-corrected chi connectivity index (χ1v) is 13.5. The highest BCUT2D eigenvalue weighted by Crippen LogP contribution is 2.67. The summed E-state index contributed by atoms with van der Waals surface area (Å²) in [5.74, 6) is -1.80. The van der Waals surface area contributed by atoms with Crippen molar-refractivity contribution in [1.29, 1.82) is 0 Å². The number of carboxylic acids is 1. The lowest BCUT2D eigenvalue weighted by atomic mass is 9.46. The first-order valence-electron chi connectivity index (χ1n) is 13.5. The molecule has 4 aliphatic rings. The number of nitrogens with one attached hydrogen (secondary N) is 1. The van der Waals surface area contributed by atoms with E-state index in [0.29, 0.717) is 31.1 Å². The predicted molar refractivity (Wildman–Crippen MR) is 132 cm³/mol. The topological polar surface area (TPSA) is 147 Å². The third-order valence-corrected chi connectivity index (χ3v) is 10.2. The van der Waals surface area contributed by atoms with E-state index in [9.17, 15) is 29.1 Å². The summed E-state index contributed by atoms with van der Waals surface area (Å²) in [6.07, 6.45) is 7.29. The molecule has 0 spiro atoms. The predicted octanol–water partition coefficient (Wildman–Crippen LogP) is 2.73. The Hall–Kier alpha value is -2.55. The average molecular weight is 518 g/mol. The third kappa shape index (κ3) is 4.75. The Morgan fingerprint density at radius 3 is 2.46 bits per heavy atom. The van der Waals surface area contributed by atoms with Gasteiger partial charge >= 0.3 is 11.9 Å². The van der Waals surface area contributed by atoms with Gasteiger partial charge in [-0.3, -0.25) is 24.0 Å². The molecule has 7 atom stereocenters. The van der Waals surface area contributed by atoms with Gasteiger partial charge in [-0.2, -0.15) is 0 Å². The van der Waals surface area contributed by atoms with Crippen LogP contribution < -0.4 is 5.32 Å². The van der Waals surface area contributed by atoms with Crippen molar-refractivity contribution in [3.05, 3.63) is 11.6 Å². The number of esters is 1. The van der Waals surface area contributed by atoms with Gasteiger partial charge in [0.2, 0.25) is 11.7 Å². The zero-order chi connectivity index (χ0) is 27.2. The summed E-state index contributed by atoms with van der Waals surface area (Å²) < 4.78 is 5.13. The Balaban J connectivity index is 1.36. The van der Waals surface area contributed by atoms with E-state index in [0.717, 1.165) is 32.1 Å². The third-order valence-electron chi connectivity index (χ3n) is 10.2. The quantitative estimate of drug-likeness (QED) is 0.417. The van der Waals surface area contributed by atoms with E-state index in [1.54, 1.807) is 0 Å². The van der Waals surface area contributed by atoms with E-state index in [4.69, 9.17) is 9.84 Å².